The molecule has 1 aromatic heterocycles. The van der Waals surface area contributed by atoms with Crippen LogP contribution in [0.2, 0.25) is 4.34 Å². The normalized spacial score (nSPS) is 10.6. The zero-order chi connectivity index (χ0) is 15.4. The van der Waals surface area contributed by atoms with Crippen LogP contribution in [-0.2, 0) is 11.3 Å². The Morgan fingerprint density at radius 1 is 1.43 bits per heavy atom. The van der Waals surface area contributed by atoms with Crippen molar-refractivity contribution in [3.8, 4) is 0 Å². The number of nitrogen functional groups attached to an aromatic ring is 1. The summed E-state index contributed by atoms with van der Waals surface area (Å²) in [5, 5.41) is 0. The van der Waals surface area contributed by atoms with Crippen LogP contribution in [0.15, 0.2) is 39.7 Å². The number of nitrogens with zero attached hydrogens (tertiary/aromatic N) is 1. The summed E-state index contributed by atoms with van der Waals surface area (Å²) >= 11 is 12.3. The molecule has 1 amide bonds. The first-order valence-electron chi connectivity index (χ1n) is 6.11. The Morgan fingerprint density at radius 2 is 2.19 bits per heavy atom. The summed E-state index contributed by atoms with van der Waals surface area (Å²) in [6.07, 6.45) is 0. The van der Waals surface area contributed by atoms with Crippen molar-refractivity contribution >= 4 is 62.2 Å². The van der Waals surface area contributed by atoms with Crippen molar-refractivity contribution in [2.75, 3.05) is 18.5 Å². The van der Waals surface area contributed by atoms with Gasteiger partial charge in [0.1, 0.15) is 0 Å². The van der Waals surface area contributed by atoms with Crippen molar-refractivity contribution in [2.24, 2.45) is 0 Å². The molecule has 1 heterocycles. The highest BCUT2D eigenvalue weighted by molar-refractivity contribution is 9.10. The fraction of sp³-hybridized carbons (Fsp3) is 0.214. The Kier molecular flexibility index (Phi) is 5.98. The Labute approximate surface area is 145 Å². The predicted molar refractivity (Wildman–Crippen MR) is 95.1 cm³/mol. The molecular weight excluding hydrogens is 392 g/mol. The molecule has 0 unspecified atom stereocenters. The molecule has 0 saturated carbocycles. The van der Waals surface area contributed by atoms with E-state index in [4.69, 9.17) is 17.3 Å². The third-order valence-electron chi connectivity index (χ3n) is 2.75. The van der Waals surface area contributed by atoms with Gasteiger partial charge in [-0.2, -0.15) is 0 Å². The van der Waals surface area contributed by atoms with E-state index in [9.17, 15) is 4.79 Å². The van der Waals surface area contributed by atoms with Gasteiger partial charge in [0.15, 0.2) is 0 Å². The number of amides is 1. The SMILES string of the molecule is CN(Cc1ccc(Cl)s1)C(=O)CSc1ccc(N)cc1Br. The van der Waals surface area contributed by atoms with Crippen molar-refractivity contribution in [1.82, 2.24) is 4.90 Å². The standard InChI is InChI=1S/C14H14BrClN2OS2/c1-18(7-10-3-5-13(16)21-10)14(19)8-20-12-4-2-9(17)6-11(12)15/h2-6H,7-8,17H2,1H3. The van der Waals surface area contributed by atoms with Gasteiger partial charge in [0, 0.05) is 27.0 Å². The number of halogens is 2. The summed E-state index contributed by atoms with van der Waals surface area (Å²) < 4.78 is 1.65. The molecule has 7 heteroatoms. The molecular formula is C14H14BrClN2OS2. The summed E-state index contributed by atoms with van der Waals surface area (Å²) in [4.78, 5) is 15.9. The van der Waals surface area contributed by atoms with E-state index in [1.165, 1.54) is 23.1 Å². The smallest absolute Gasteiger partial charge is 0.233 e. The van der Waals surface area contributed by atoms with Gasteiger partial charge in [-0.25, -0.2) is 0 Å². The molecule has 0 bridgehead atoms. The molecule has 0 aliphatic carbocycles. The summed E-state index contributed by atoms with van der Waals surface area (Å²) in [6, 6.07) is 9.37. The van der Waals surface area contributed by atoms with E-state index in [0.717, 1.165) is 18.6 Å². The van der Waals surface area contributed by atoms with Crippen molar-refractivity contribution in [1.29, 1.82) is 0 Å². The van der Waals surface area contributed by atoms with Gasteiger partial charge >= 0.3 is 0 Å². The van der Waals surface area contributed by atoms with Crippen molar-refractivity contribution in [3.63, 3.8) is 0 Å². The van der Waals surface area contributed by atoms with E-state index in [-0.39, 0.29) is 5.91 Å². The van der Waals surface area contributed by atoms with Crippen LogP contribution in [0.4, 0.5) is 5.69 Å². The lowest BCUT2D eigenvalue weighted by Gasteiger charge is -2.16. The molecule has 2 aromatic rings. The number of carbonyl (C=O) groups excluding carboxylic acids is 1. The largest absolute Gasteiger partial charge is 0.399 e. The van der Waals surface area contributed by atoms with Gasteiger partial charge in [0.25, 0.3) is 0 Å². The zero-order valence-electron chi connectivity index (χ0n) is 11.3. The fourth-order valence-electron chi connectivity index (χ4n) is 1.64. The van der Waals surface area contributed by atoms with Crippen LogP contribution in [0.25, 0.3) is 0 Å². The van der Waals surface area contributed by atoms with Gasteiger partial charge in [-0.3, -0.25) is 4.79 Å². The van der Waals surface area contributed by atoms with Crippen molar-refractivity contribution in [2.45, 2.75) is 11.4 Å². The lowest BCUT2D eigenvalue weighted by atomic mass is 10.3. The van der Waals surface area contributed by atoms with Gasteiger partial charge < -0.3 is 10.6 Å². The van der Waals surface area contributed by atoms with E-state index in [0.29, 0.717) is 18.0 Å². The predicted octanol–water partition coefficient (Wildman–Crippen LogP) is 4.50. The minimum absolute atomic E-state index is 0.0771. The lowest BCUT2D eigenvalue weighted by molar-refractivity contribution is -0.127. The Hall–Kier alpha value is -0.690. The first-order valence-corrected chi connectivity index (χ1v) is 9.09. The van der Waals surface area contributed by atoms with E-state index < -0.39 is 0 Å². The summed E-state index contributed by atoms with van der Waals surface area (Å²) in [5.41, 5.74) is 6.39. The first kappa shape index (κ1) is 16.7. The molecule has 2 rings (SSSR count). The average molecular weight is 406 g/mol. The minimum atomic E-state index is 0.0771. The number of carbonyl (C=O) groups is 1. The van der Waals surface area contributed by atoms with Crippen molar-refractivity contribution in [3.05, 3.63) is 44.0 Å². The van der Waals surface area contributed by atoms with Gasteiger partial charge in [-0.15, -0.1) is 23.1 Å². The highest BCUT2D eigenvalue weighted by Crippen LogP contribution is 2.29. The Bertz CT molecular complexity index is 648. The number of hydrogen-bond donors (Lipinski definition) is 1. The van der Waals surface area contributed by atoms with Gasteiger partial charge in [0.05, 0.1) is 16.6 Å². The van der Waals surface area contributed by atoms with E-state index in [2.05, 4.69) is 15.9 Å². The van der Waals surface area contributed by atoms with Gasteiger partial charge in [-0.1, -0.05) is 11.6 Å². The second-order valence-electron chi connectivity index (χ2n) is 4.43. The lowest BCUT2D eigenvalue weighted by Crippen LogP contribution is -2.27. The van der Waals surface area contributed by atoms with Gasteiger partial charge in [0.2, 0.25) is 5.91 Å². The van der Waals surface area contributed by atoms with Crippen LogP contribution in [-0.4, -0.2) is 23.6 Å². The monoisotopic (exact) mass is 404 g/mol. The molecule has 0 saturated heterocycles. The highest BCUT2D eigenvalue weighted by atomic mass is 79.9. The number of thioether (sulfide) groups is 1. The second-order valence-corrected chi connectivity index (χ2v) is 8.11. The molecule has 0 spiro atoms. The zero-order valence-corrected chi connectivity index (χ0v) is 15.3. The van der Waals surface area contributed by atoms with Crippen LogP contribution in [0.3, 0.4) is 0 Å². The number of hydrogen-bond acceptors (Lipinski definition) is 4. The highest BCUT2D eigenvalue weighted by Gasteiger charge is 2.12. The molecule has 0 radical (unpaired) electrons. The van der Waals surface area contributed by atoms with E-state index in [1.807, 2.05) is 30.3 Å². The second kappa shape index (κ2) is 7.54. The number of anilines is 1. The average Bonchev–Trinajstić information content (AvgIpc) is 2.82. The van der Waals surface area contributed by atoms with E-state index in [1.54, 1.807) is 11.9 Å². The Balaban J connectivity index is 1.89. The topological polar surface area (TPSA) is 46.3 Å². The van der Waals surface area contributed by atoms with Crippen molar-refractivity contribution < 1.29 is 4.79 Å². The van der Waals surface area contributed by atoms with Crippen LogP contribution < -0.4 is 5.73 Å². The molecule has 0 atom stereocenters. The van der Waals surface area contributed by atoms with Crippen LogP contribution in [0.5, 0.6) is 0 Å². The third kappa shape index (κ3) is 4.92. The minimum Gasteiger partial charge on any atom is -0.399 e. The molecule has 0 aliphatic rings. The van der Waals surface area contributed by atoms with Crippen LogP contribution in [0.1, 0.15) is 4.88 Å². The number of benzene rings is 1. The van der Waals surface area contributed by atoms with Crippen LogP contribution in [0, 0.1) is 0 Å². The molecule has 2 N–H and O–H groups in total. The molecule has 0 aliphatic heterocycles. The maximum Gasteiger partial charge on any atom is 0.233 e. The van der Waals surface area contributed by atoms with E-state index >= 15 is 0 Å². The number of nitrogens with two attached hydrogens (primary N) is 1. The number of rotatable bonds is 5. The summed E-state index contributed by atoms with van der Waals surface area (Å²) in [7, 11) is 1.80. The quantitative estimate of drug-likeness (QED) is 0.588. The molecule has 1 aromatic carbocycles. The number of thiophene rings is 1. The molecule has 0 fully saturated rings. The van der Waals surface area contributed by atoms with Gasteiger partial charge in [-0.05, 0) is 46.3 Å². The summed E-state index contributed by atoms with van der Waals surface area (Å²) in [5.74, 6) is 0.464. The molecule has 112 valence electrons. The summed E-state index contributed by atoms with van der Waals surface area (Å²) in [6.45, 7) is 0.583. The fourth-order valence-corrected chi connectivity index (χ4v) is 4.38. The molecule has 21 heavy (non-hydrogen) atoms. The van der Waals surface area contributed by atoms with Crippen LogP contribution >= 0.6 is 50.6 Å². The Morgan fingerprint density at radius 3 is 2.81 bits per heavy atom. The third-order valence-corrected chi connectivity index (χ3v) is 5.95. The first-order chi connectivity index (χ1) is 9.95. The maximum absolute atomic E-state index is 12.1. The molecule has 3 nitrogen and oxygen atoms in total. The maximum atomic E-state index is 12.1.